The van der Waals surface area contributed by atoms with Crippen LogP contribution in [0.4, 0.5) is 0 Å². The van der Waals surface area contributed by atoms with Crippen molar-refractivity contribution in [1.29, 1.82) is 0 Å². The van der Waals surface area contributed by atoms with E-state index in [1.54, 1.807) is 0 Å². The molecule has 1 unspecified atom stereocenters. The maximum Gasteiger partial charge on any atom is 0.0599 e. The number of ether oxygens (including phenoxy) is 1. The Bertz CT molecular complexity index is 211. The number of hydrogen-bond donors (Lipinski definition) is 1. The van der Waals surface area contributed by atoms with Crippen LogP contribution in [-0.2, 0) is 4.74 Å². The summed E-state index contributed by atoms with van der Waals surface area (Å²) in [6.07, 6.45) is 1.34. The van der Waals surface area contributed by atoms with Crippen molar-refractivity contribution in [3.8, 4) is 0 Å². The van der Waals surface area contributed by atoms with Crippen molar-refractivity contribution in [2.45, 2.75) is 52.7 Å². The molecule has 0 saturated carbocycles. The second-order valence-corrected chi connectivity index (χ2v) is 6.41. The number of nitrogens with one attached hydrogen (secondary N) is 1. The molecule has 0 bridgehead atoms. The first-order valence-corrected chi connectivity index (χ1v) is 6.97. The molecule has 1 aliphatic rings. The maximum absolute atomic E-state index is 5.68. The van der Waals surface area contributed by atoms with Gasteiger partial charge >= 0.3 is 0 Å². The van der Waals surface area contributed by atoms with Crippen molar-refractivity contribution in [3.05, 3.63) is 0 Å². The van der Waals surface area contributed by atoms with E-state index in [0.717, 1.165) is 25.6 Å². The van der Waals surface area contributed by atoms with Gasteiger partial charge in [0.2, 0.25) is 0 Å². The molecule has 1 aliphatic heterocycles. The van der Waals surface area contributed by atoms with Crippen LogP contribution in [0, 0.1) is 5.92 Å². The second kappa shape index (κ2) is 6.72. The molecule has 3 heteroatoms. The molecule has 1 N–H and O–H groups in total. The Kier molecular flexibility index (Phi) is 5.90. The normalized spacial score (nSPS) is 22.6. The number of rotatable bonds is 6. The predicted octanol–water partition coefficient (Wildman–Crippen LogP) is 2.12. The van der Waals surface area contributed by atoms with Crippen molar-refractivity contribution in [3.63, 3.8) is 0 Å². The maximum atomic E-state index is 5.68. The zero-order valence-electron chi connectivity index (χ0n) is 12.3. The predicted molar refractivity (Wildman–Crippen MR) is 73.4 cm³/mol. The minimum atomic E-state index is -0.0104. The van der Waals surface area contributed by atoms with E-state index in [-0.39, 0.29) is 5.60 Å². The van der Waals surface area contributed by atoms with Gasteiger partial charge in [-0.3, -0.25) is 0 Å². The SMILES string of the molecule is CC(C)N1CCC(CNCCOC(C)(C)C)C1. The lowest BCUT2D eigenvalue weighted by Crippen LogP contribution is -2.32. The quantitative estimate of drug-likeness (QED) is 0.722. The Morgan fingerprint density at radius 3 is 2.59 bits per heavy atom. The average Bonchev–Trinajstić information content (AvgIpc) is 2.64. The third-order valence-electron chi connectivity index (χ3n) is 3.29. The van der Waals surface area contributed by atoms with Gasteiger partial charge in [0.05, 0.1) is 12.2 Å². The average molecular weight is 242 g/mol. The molecule has 17 heavy (non-hydrogen) atoms. The van der Waals surface area contributed by atoms with E-state index < -0.39 is 0 Å². The van der Waals surface area contributed by atoms with E-state index in [2.05, 4.69) is 44.8 Å². The van der Waals surface area contributed by atoms with Crippen LogP contribution in [0.15, 0.2) is 0 Å². The van der Waals surface area contributed by atoms with E-state index in [0.29, 0.717) is 6.04 Å². The van der Waals surface area contributed by atoms with Crippen LogP contribution < -0.4 is 5.32 Å². The Hall–Kier alpha value is -0.120. The summed E-state index contributed by atoms with van der Waals surface area (Å²) in [5.41, 5.74) is -0.0104. The van der Waals surface area contributed by atoms with Gasteiger partial charge < -0.3 is 15.0 Å². The molecule has 1 saturated heterocycles. The standard InChI is InChI=1S/C14H30N2O/c1-12(2)16-8-6-13(11-16)10-15-7-9-17-14(3,4)5/h12-13,15H,6-11H2,1-5H3. The third kappa shape index (κ3) is 6.39. The summed E-state index contributed by atoms with van der Waals surface area (Å²) in [6, 6.07) is 0.698. The molecule has 0 radical (unpaired) electrons. The van der Waals surface area contributed by atoms with Gasteiger partial charge in [-0.1, -0.05) is 0 Å². The van der Waals surface area contributed by atoms with Gasteiger partial charge in [-0.2, -0.15) is 0 Å². The fraction of sp³-hybridized carbons (Fsp3) is 1.00. The Balaban J connectivity index is 2.01. The van der Waals surface area contributed by atoms with E-state index >= 15 is 0 Å². The zero-order valence-corrected chi connectivity index (χ0v) is 12.3. The van der Waals surface area contributed by atoms with Crippen LogP contribution in [0.2, 0.25) is 0 Å². The summed E-state index contributed by atoms with van der Waals surface area (Å²) in [4.78, 5) is 2.57. The molecular weight excluding hydrogens is 212 g/mol. The summed E-state index contributed by atoms with van der Waals surface area (Å²) in [7, 11) is 0. The van der Waals surface area contributed by atoms with E-state index in [4.69, 9.17) is 4.74 Å². The van der Waals surface area contributed by atoms with E-state index in [1.165, 1.54) is 19.5 Å². The molecule has 0 spiro atoms. The first-order valence-electron chi connectivity index (χ1n) is 6.97. The van der Waals surface area contributed by atoms with Crippen LogP contribution in [-0.4, -0.2) is 49.3 Å². The lowest BCUT2D eigenvalue weighted by Gasteiger charge is -2.21. The molecule has 0 aromatic heterocycles. The fourth-order valence-electron chi connectivity index (χ4n) is 2.23. The number of hydrogen-bond acceptors (Lipinski definition) is 3. The number of likely N-dealkylation sites (tertiary alicyclic amines) is 1. The van der Waals surface area contributed by atoms with Gasteiger partial charge in [0, 0.05) is 19.1 Å². The third-order valence-corrected chi connectivity index (χ3v) is 3.29. The lowest BCUT2D eigenvalue weighted by molar-refractivity contribution is -0.000989. The molecule has 0 aromatic rings. The molecule has 0 aromatic carbocycles. The molecular formula is C14H30N2O. The highest BCUT2D eigenvalue weighted by molar-refractivity contribution is 4.79. The fourth-order valence-corrected chi connectivity index (χ4v) is 2.23. The van der Waals surface area contributed by atoms with Crippen LogP contribution >= 0.6 is 0 Å². The van der Waals surface area contributed by atoms with Gasteiger partial charge in [0.1, 0.15) is 0 Å². The summed E-state index contributed by atoms with van der Waals surface area (Å²) in [5, 5.41) is 3.51. The molecule has 1 atom stereocenters. The monoisotopic (exact) mass is 242 g/mol. The molecule has 1 fully saturated rings. The Labute approximate surface area is 107 Å². The Morgan fingerprint density at radius 1 is 1.35 bits per heavy atom. The second-order valence-electron chi connectivity index (χ2n) is 6.41. The smallest absolute Gasteiger partial charge is 0.0599 e. The highest BCUT2D eigenvalue weighted by Crippen LogP contribution is 2.17. The van der Waals surface area contributed by atoms with Gasteiger partial charge in [-0.15, -0.1) is 0 Å². The van der Waals surface area contributed by atoms with Crippen molar-refractivity contribution in [2.75, 3.05) is 32.8 Å². The van der Waals surface area contributed by atoms with Crippen LogP contribution in [0.25, 0.3) is 0 Å². The summed E-state index contributed by atoms with van der Waals surface area (Å²) < 4.78 is 5.68. The van der Waals surface area contributed by atoms with Crippen LogP contribution in [0.1, 0.15) is 41.0 Å². The van der Waals surface area contributed by atoms with Gasteiger partial charge in [0.15, 0.2) is 0 Å². The topological polar surface area (TPSA) is 24.5 Å². The van der Waals surface area contributed by atoms with Gasteiger partial charge in [-0.25, -0.2) is 0 Å². The molecule has 0 aliphatic carbocycles. The highest BCUT2D eigenvalue weighted by Gasteiger charge is 2.23. The molecule has 1 rings (SSSR count). The van der Waals surface area contributed by atoms with Crippen molar-refractivity contribution in [2.24, 2.45) is 5.92 Å². The zero-order chi connectivity index (χ0) is 12.9. The van der Waals surface area contributed by atoms with Crippen molar-refractivity contribution in [1.82, 2.24) is 10.2 Å². The largest absolute Gasteiger partial charge is 0.375 e. The molecule has 1 heterocycles. The van der Waals surface area contributed by atoms with E-state index in [9.17, 15) is 0 Å². The summed E-state index contributed by atoms with van der Waals surface area (Å²) in [5.74, 6) is 0.826. The van der Waals surface area contributed by atoms with Crippen molar-refractivity contribution >= 4 is 0 Å². The Morgan fingerprint density at radius 2 is 2.06 bits per heavy atom. The lowest BCUT2D eigenvalue weighted by atomic mass is 10.1. The minimum absolute atomic E-state index is 0.0104. The summed E-state index contributed by atoms with van der Waals surface area (Å²) >= 11 is 0. The van der Waals surface area contributed by atoms with E-state index in [1.807, 2.05) is 0 Å². The van der Waals surface area contributed by atoms with Gasteiger partial charge in [0.25, 0.3) is 0 Å². The minimum Gasteiger partial charge on any atom is -0.375 e. The first-order chi connectivity index (χ1) is 7.88. The highest BCUT2D eigenvalue weighted by atomic mass is 16.5. The van der Waals surface area contributed by atoms with Crippen LogP contribution in [0.5, 0.6) is 0 Å². The molecule has 0 amide bonds. The first kappa shape index (κ1) is 14.9. The molecule has 3 nitrogen and oxygen atoms in total. The van der Waals surface area contributed by atoms with Crippen LogP contribution in [0.3, 0.4) is 0 Å². The molecule has 102 valence electrons. The van der Waals surface area contributed by atoms with Crippen molar-refractivity contribution < 1.29 is 4.74 Å². The summed E-state index contributed by atoms with van der Waals surface area (Å²) in [6.45, 7) is 16.3. The van der Waals surface area contributed by atoms with Gasteiger partial charge in [-0.05, 0) is 60.0 Å². The number of nitrogens with zero attached hydrogens (tertiary/aromatic N) is 1.